The molecule has 0 spiro atoms. The number of nitrogens with one attached hydrogen (secondary N) is 4. The van der Waals surface area contributed by atoms with E-state index in [2.05, 4.69) is 26.3 Å². The average molecular weight is 357 g/mol. The molecule has 0 bridgehead atoms. The SMILES string of the molecule is CN=C(NCC(=O)NC(C)(C)C)NCC(C)(C)NC(=O)OC(C)(C)C. The second kappa shape index (κ2) is 8.92. The van der Waals surface area contributed by atoms with Gasteiger partial charge in [-0.05, 0) is 55.4 Å². The van der Waals surface area contributed by atoms with Crippen LogP contribution in [0.5, 0.6) is 0 Å². The molecule has 0 atom stereocenters. The van der Waals surface area contributed by atoms with Crippen molar-refractivity contribution in [2.24, 2.45) is 4.99 Å². The quantitative estimate of drug-likeness (QED) is 0.439. The van der Waals surface area contributed by atoms with E-state index in [0.717, 1.165) is 0 Å². The maximum absolute atomic E-state index is 11.9. The lowest BCUT2D eigenvalue weighted by Crippen LogP contribution is -2.55. The summed E-state index contributed by atoms with van der Waals surface area (Å²) < 4.78 is 5.26. The Morgan fingerprint density at radius 3 is 1.92 bits per heavy atom. The maximum atomic E-state index is 11.9. The first-order valence-electron chi connectivity index (χ1n) is 8.40. The molecule has 0 saturated heterocycles. The largest absolute Gasteiger partial charge is 0.444 e. The Morgan fingerprint density at radius 2 is 1.48 bits per heavy atom. The molecule has 0 aromatic rings. The minimum atomic E-state index is -0.562. The van der Waals surface area contributed by atoms with Gasteiger partial charge in [-0.1, -0.05) is 0 Å². The zero-order valence-electron chi connectivity index (χ0n) is 17.1. The highest BCUT2D eigenvalue weighted by Crippen LogP contribution is 2.09. The molecule has 146 valence electrons. The van der Waals surface area contributed by atoms with Crippen LogP contribution in [0, 0.1) is 0 Å². The number of guanidine groups is 1. The number of aliphatic imine (C=N–C) groups is 1. The van der Waals surface area contributed by atoms with Gasteiger partial charge < -0.3 is 26.0 Å². The Bertz CT molecular complexity index is 487. The highest BCUT2D eigenvalue weighted by molar-refractivity contribution is 5.86. The molecular formula is C17H35N5O3. The number of alkyl carbamates (subject to hydrolysis) is 1. The van der Waals surface area contributed by atoms with Crippen molar-refractivity contribution < 1.29 is 14.3 Å². The standard InChI is InChI=1S/C17H35N5O3/c1-15(2,3)21-12(23)10-19-13(18-9)20-11-17(7,8)22-14(24)25-16(4,5)6/h10-11H2,1-9H3,(H,21,23)(H,22,24)(H2,18,19,20). The summed E-state index contributed by atoms with van der Waals surface area (Å²) in [4.78, 5) is 27.8. The van der Waals surface area contributed by atoms with E-state index in [4.69, 9.17) is 4.74 Å². The predicted octanol–water partition coefficient (Wildman–Crippen LogP) is 1.37. The van der Waals surface area contributed by atoms with Gasteiger partial charge in [0.1, 0.15) is 5.60 Å². The van der Waals surface area contributed by atoms with E-state index in [0.29, 0.717) is 12.5 Å². The molecule has 0 rings (SSSR count). The van der Waals surface area contributed by atoms with Crippen molar-refractivity contribution in [1.82, 2.24) is 21.3 Å². The molecule has 0 fully saturated rings. The summed E-state index contributed by atoms with van der Waals surface area (Å²) in [6.45, 7) is 15.4. The number of rotatable bonds is 5. The molecule has 0 radical (unpaired) electrons. The number of amides is 2. The molecule has 0 aromatic carbocycles. The molecule has 0 heterocycles. The van der Waals surface area contributed by atoms with Crippen LogP contribution >= 0.6 is 0 Å². The third-order valence-corrected chi connectivity index (χ3v) is 2.69. The smallest absolute Gasteiger partial charge is 0.408 e. The van der Waals surface area contributed by atoms with Gasteiger partial charge in [0.05, 0.1) is 12.1 Å². The summed E-state index contributed by atoms with van der Waals surface area (Å²) in [7, 11) is 1.62. The monoisotopic (exact) mass is 357 g/mol. The van der Waals surface area contributed by atoms with E-state index in [9.17, 15) is 9.59 Å². The van der Waals surface area contributed by atoms with E-state index in [1.54, 1.807) is 7.05 Å². The van der Waals surface area contributed by atoms with Crippen molar-refractivity contribution in [3.63, 3.8) is 0 Å². The lowest BCUT2D eigenvalue weighted by Gasteiger charge is -2.29. The first-order chi connectivity index (χ1) is 11.1. The van der Waals surface area contributed by atoms with Crippen LogP contribution in [-0.2, 0) is 9.53 Å². The van der Waals surface area contributed by atoms with Crippen LogP contribution in [0.25, 0.3) is 0 Å². The van der Waals surface area contributed by atoms with E-state index in [1.807, 2.05) is 55.4 Å². The number of hydrogen-bond acceptors (Lipinski definition) is 4. The van der Waals surface area contributed by atoms with Gasteiger partial charge in [0.2, 0.25) is 5.91 Å². The van der Waals surface area contributed by atoms with Gasteiger partial charge in [-0.15, -0.1) is 0 Å². The molecule has 0 aliphatic heterocycles. The van der Waals surface area contributed by atoms with Crippen LogP contribution < -0.4 is 21.3 Å². The molecule has 0 saturated carbocycles. The van der Waals surface area contributed by atoms with Crippen molar-refractivity contribution in [2.75, 3.05) is 20.1 Å². The van der Waals surface area contributed by atoms with Gasteiger partial charge in [-0.2, -0.15) is 0 Å². The summed E-state index contributed by atoms with van der Waals surface area (Å²) >= 11 is 0. The van der Waals surface area contributed by atoms with Gasteiger partial charge in [-0.3, -0.25) is 9.79 Å². The van der Waals surface area contributed by atoms with Gasteiger partial charge >= 0.3 is 6.09 Å². The van der Waals surface area contributed by atoms with Crippen LogP contribution in [0.15, 0.2) is 4.99 Å². The summed E-state index contributed by atoms with van der Waals surface area (Å²) in [6.07, 6.45) is -0.480. The molecular weight excluding hydrogens is 322 g/mol. The number of hydrogen-bond donors (Lipinski definition) is 4. The van der Waals surface area contributed by atoms with Crippen LogP contribution in [-0.4, -0.2) is 54.8 Å². The Kier molecular flexibility index (Phi) is 8.21. The fourth-order valence-electron chi connectivity index (χ4n) is 1.78. The number of carbonyl (C=O) groups excluding carboxylic acids is 2. The minimum absolute atomic E-state index is 0.108. The van der Waals surface area contributed by atoms with Crippen molar-refractivity contribution in [1.29, 1.82) is 0 Å². The third-order valence-electron chi connectivity index (χ3n) is 2.69. The Hall–Kier alpha value is -1.99. The van der Waals surface area contributed by atoms with E-state index in [-0.39, 0.29) is 18.0 Å². The topological polar surface area (TPSA) is 104 Å². The van der Waals surface area contributed by atoms with Gasteiger partial charge in [0, 0.05) is 19.1 Å². The molecule has 8 nitrogen and oxygen atoms in total. The first-order valence-corrected chi connectivity index (χ1v) is 8.40. The molecule has 0 aliphatic carbocycles. The summed E-state index contributed by atoms with van der Waals surface area (Å²) in [6, 6.07) is 0. The summed E-state index contributed by atoms with van der Waals surface area (Å²) in [5, 5.41) is 11.7. The molecule has 0 aromatic heterocycles. The van der Waals surface area contributed by atoms with Crippen molar-refractivity contribution in [3.8, 4) is 0 Å². The molecule has 2 amide bonds. The van der Waals surface area contributed by atoms with E-state index < -0.39 is 17.2 Å². The molecule has 0 unspecified atom stereocenters. The number of nitrogens with zero attached hydrogens (tertiary/aromatic N) is 1. The zero-order valence-corrected chi connectivity index (χ0v) is 17.1. The van der Waals surface area contributed by atoms with Crippen LogP contribution in [0.1, 0.15) is 55.4 Å². The Morgan fingerprint density at radius 1 is 0.920 bits per heavy atom. The second-order valence-corrected chi connectivity index (χ2v) is 8.59. The third kappa shape index (κ3) is 13.0. The lowest BCUT2D eigenvalue weighted by atomic mass is 10.1. The summed E-state index contributed by atoms with van der Waals surface area (Å²) in [5.41, 5.74) is -1.39. The fraction of sp³-hybridized carbons (Fsp3) is 0.824. The predicted molar refractivity (Wildman–Crippen MR) is 101 cm³/mol. The molecule has 4 N–H and O–H groups in total. The molecule has 25 heavy (non-hydrogen) atoms. The van der Waals surface area contributed by atoms with Crippen LogP contribution in [0.4, 0.5) is 4.79 Å². The zero-order chi connectivity index (χ0) is 19.9. The van der Waals surface area contributed by atoms with Crippen LogP contribution in [0.3, 0.4) is 0 Å². The Balaban J connectivity index is 4.41. The maximum Gasteiger partial charge on any atom is 0.408 e. The van der Waals surface area contributed by atoms with Crippen molar-refractivity contribution in [3.05, 3.63) is 0 Å². The van der Waals surface area contributed by atoms with Crippen molar-refractivity contribution >= 4 is 18.0 Å². The summed E-state index contributed by atoms with van der Waals surface area (Å²) in [5.74, 6) is 0.352. The van der Waals surface area contributed by atoms with E-state index in [1.165, 1.54) is 0 Å². The highest BCUT2D eigenvalue weighted by Gasteiger charge is 2.25. The average Bonchev–Trinajstić information content (AvgIpc) is 2.33. The normalized spacial score (nSPS) is 13.1. The van der Waals surface area contributed by atoms with Crippen LogP contribution in [0.2, 0.25) is 0 Å². The van der Waals surface area contributed by atoms with Crippen molar-refractivity contribution in [2.45, 2.75) is 72.1 Å². The van der Waals surface area contributed by atoms with E-state index >= 15 is 0 Å². The fourth-order valence-corrected chi connectivity index (χ4v) is 1.78. The van der Waals surface area contributed by atoms with Gasteiger partial charge in [-0.25, -0.2) is 4.79 Å². The highest BCUT2D eigenvalue weighted by atomic mass is 16.6. The minimum Gasteiger partial charge on any atom is -0.444 e. The lowest BCUT2D eigenvalue weighted by molar-refractivity contribution is -0.121. The Labute approximate surface area is 151 Å². The number of carbonyl (C=O) groups is 2. The molecule has 0 aliphatic rings. The van der Waals surface area contributed by atoms with Gasteiger partial charge in [0.25, 0.3) is 0 Å². The van der Waals surface area contributed by atoms with Gasteiger partial charge in [0.15, 0.2) is 5.96 Å². The second-order valence-electron chi connectivity index (χ2n) is 8.59. The first kappa shape index (κ1) is 23.0. The number of ether oxygens (including phenoxy) is 1. The molecule has 8 heteroatoms.